The Morgan fingerprint density at radius 2 is 0.581 bits per heavy atom. The minimum atomic E-state index is -0.786. The topological polar surface area (TPSA) is 78.9 Å². The zero-order chi connectivity index (χ0) is 45.1. The largest absolute Gasteiger partial charge is 0.462 e. The van der Waals surface area contributed by atoms with Crippen LogP contribution in [-0.4, -0.2) is 37.2 Å². The molecule has 0 unspecified atom stereocenters. The van der Waals surface area contributed by atoms with Gasteiger partial charge in [-0.25, -0.2) is 0 Å². The third-order valence-electron chi connectivity index (χ3n) is 11.9. The first-order valence-corrected chi connectivity index (χ1v) is 27.0. The van der Waals surface area contributed by atoms with Crippen molar-refractivity contribution < 1.29 is 28.6 Å². The minimum Gasteiger partial charge on any atom is -0.462 e. The highest BCUT2D eigenvalue weighted by Crippen LogP contribution is 2.16. The van der Waals surface area contributed by atoms with Gasteiger partial charge >= 0.3 is 17.9 Å². The van der Waals surface area contributed by atoms with Crippen LogP contribution in [-0.2, 0) is 28.6 Å². The van der Waals surface area contributed by atoms with E-state index in [0.29, 0.717) is 19.3 Å². The lowest BCUT2D eigenvalue weighted by atomic mass is 10.0. The monoisotopic (exact) mass is 871 g/mol. The summed E-state index contributed by atoms with van der Waals surface area (Å²) in [4.78, 5) is 37.9. The molecule has 362 valence electrons. The lowest BCUT2D eigenvalue weighted by Gasteiger charge is -2.18. The van der Waals surface area contributed by atoms with E-state index in [0.717, 1.165) is 64.2 Å². The van der Waals surface area contributed by atoms with Crippen molar-refractivity contribution in [3.8, 4) is 0 Å². The zero-order valence-corrected chi connectivity index (χ0v) is 41.4. The fraction of sp³-hybridized carbons (Fsp3) is 0.839. The number of carbonyl (C=O) groups excluding carboxylic acids is 3. The van der Waals surface area contributed by atoms with Gasteiger partial charge in [0.05, 0.1) is 0 Å². The van der Waals surface area contributed by atoms with Crippen molar-refractivity contribution in [1.82, 2.24) is 0 Å². The summed E-state index contributed by atoms with van der Waals surface area (Å²) in [5, 5.41) is 0. The predicted octanol–water partition coefficient (Wildman–Crippen LogP) is 17.7. The summed E-state index contributed by atoms with van der Waals surface area (Å²) in [5.74, 6) is -0.910. The van der Waals surface area contributed by atoms with Gasteiger partial charge < -0.3 is 14.2 Å². The first-order valence-electron chi connectivity index (χ1n) is 27.0. The molecular formula is C56H102O6. The summed E-state index contributed by atoms with van der Waals surface area (Å²) >= 11 is 0. The Morgan fingerprint density at radius 1 is 0.323 bits per heavy atom. The van der Waals surface area contributed by atoms with E-state index in [-0.39, 0.29) is 37.5 Å². The molecule has 0 bridgehead atoms. The zero-order valence-electron chi connectivity index (χ0n) is 41.4. The van der Waals surface area contributed by atoms with Gasteiger partial charge in [0.2, 0.25) is 0 Å². The SMILES string of the molecule is CCCCC/C=C\C/C=C\C/C=C\CCCCC(=O)O[C@H](COC(=O)CCCCCCCCCCCC)COC(=O)CCCCCCCCCCCCCCCCCCCCC. The Morgan fingerprint density at radius 3 is 0.935 bits per heavy atom. The third-order valence-corrected chi connectivity index (χ3v) is 11.9. The van der Waals surface area contributed by atoms with Crippen molar-refractivity contribution >= 4 is 17.9 Å². The first kappa shape index (κ1) is 59.6. The fourth-order valence-electron chi connectivity index (χ4n) is 7.80. The number of hydrogen-bond acceptors (Lipinski definition) is 6. The molecule has 0 fully saturated rings. The number of hydrogen-bond donors (Lipinski definition) is 0. The summed E-state index contributed by atoms with van der Waals surface area (Å²) in [5.41, 5.74) is 0. The quantitative estimate of drug-likeness (QED) is 0.0262. The van der Waals surface area contributed by atoms with Crippen molar-refractivity contribution in [2.75, 3.05) is 13.2 Å². The van der Waals surface area contributed by atoms with Gasteiger partial charge in [0, 0.05) is 19.3 Å². The lowest BCUT2D eigenvalue weighted by Crippen LogP contribution is -2.30. The molecule has 0 spiro atoms. The van der Waals surface area contributed by atoms with Crippen LogP contribution < -0.4 is 0 Å². The van der Waals surface area contributed by atoms with E-state index in [1.807, 2.05) is 0 Å². The maximum absolute atomic E-state index is 12.8. The van der Waals surface area contributed by atoms with Gasteiger partial charge in [0.1, 0.15) is 13.2 Å². The molecule has 0 saturated carbocycles. The van der Waals surface area contributed by atoms with Gasteiger partial charge in [0.25, 0.3) is 0 Å². The van der Waals surface area contributed by atoms with E-state index in [4.69, 9.17) is 14.2 Å². The molecule has 0 aliphatic heterocycles. The van der Waals surface area contributed by atoms with Gasteiger partial charge in [-0.05, 0) is 57.8 Å². The van der Waals surface area contributed by atoms with Gasteiger partial charge in [-0.3, -0.25) is 14.4 Å². The molecule has 0 aromatic rings. The van der Waals surface area contributed by atoms with E-state index in [1.165, 1.54) is 173 Å². The maximum Gasteiger partial charge on any atom is 0.306 e. The van der Waals surface area contributed by atoms with Crippen LogP contribution in [0.5, 0.6) is 0 Å². The molecule has 1 atom stereocenters. The van der Waals surface area contributed by atoms with Crippen LogP contribution in [0.1, 0.15) is 284 Å². The normalized spacial score (nSPS) is 12.2. The molecule has 6 nitrogen and oxygen atoms in total. The van der Waals surface area contributed by atoms with E-state index in [9.17, 15) is 14.4 Å². The number of esters is 3. The molecule has 0 aromatic carbocycles. The Kier molecular flexibility index (Phi) is 49.3. The lowest BCUT2D eigenvalue weighted by molar-refractivity contribution is -0.167. The number of ether oxygens (including phenoxy) is 3. The van der Waals surface area contributed by atoms with Crippen LogP contribution in [0.3, 0.4) is 0 Å². The van der Waals surface area contributed by atoms with Crippen molar-refractivity contribution in [3.05, 3.63) is 36.5 Å². The van der Waals surface area contributed by atoms with E-state index in [2.05, 4.69) is 57.2 Å². The van der Waals surface area contributed by atoms with Crippen LogP contribution in [0.2, 0.25) is 0 Å². The van der Waals surface area contributed by atoms with Crippen LogP contribution in [0.4, 0.5) is 0 Å². The average Bonchev–Trinajstić information content (AvgIpc) is 3.27. The minimum absolute atomic E-state index is 0.0832. The third kappa shape index (κ3) is 48.7. The van der Waals surface area contributed by atoms with Crippen molar-refractivity contribution in [2.24, 2.45) is 0 Å². The molecule has 0 aliphatic carbocycles. The molecule has 0 aromatic heterocycles. The summed E-state index contributed by atoms with van der Waals surface area (Å²) in [6.07, 6.45) is 59.9. The Bertz CT molecular complexity index is 1050. The van der Waals surface area contributed by atoms with Crippen LogP contribution in [0.15, 0.2) is 36.5 Å². The van der Waals surface area contributed by atoms with Gasteiger partial charge in [-0.1, -0.05) is 243 Å². The second kappa shape index (κ2) is 51.3. The number of carbonyl (C=O) groups is 3. The van der Waals surface area contributed by atoms with Crippen LogP contribution in [0, 0.1) is 0 Å². The predicted molar refractivity (Wildman–Crippen MR) is 266 cm³/mol. The molecule has 0 saturated heterocycles. The molecule has 0 aliphatic rings. The average molecular weight is 871 g/mol. The second-order valence-electron chi connectivity index (χ2n) is 18.2. The Labute approximate surface area is 385 Å². The highest BCUT2D eigenvalue weighted by atomic mass is 16.6. The summed E-state index contributed by atoms with van der Waals surface area (Å²) < 4.78 is 16.8. The van der Waals surface area contributed by atoms with E-state index >= 15 is 0 Å². The van der Waals surface area contributed by atoms with Gasteiger partial charge in [0.15, 0.2) is 6.10 Å². The molecule has 0 radical (unpaired) electrons. The van der Waals surface area contributed by atoms with E-state index < -0.39 is 6.10 Å². The maximum atomic E-state index is 12.8. The van der Waals surface area contributed by atoms with Crippen LogP contribution in [0.25, 0.3) is 0 Å². The molecule has 0 amide bonds. The van der Waals surface area contributed by atoms with Gasteiger partial charge in [-0.15, -0.1) is 0 Å². The summed E-state index contributed by atoms with van der Waals surface area (Å²) in [6, 6.07) is 0. The molecule has 0 heterocycles. The summed E-state index contributed by atoms with van der Waals surface area (Å²) in [6.45, 7) is 6.60. The standard InChI is InChI=1S/C56H102O6/c1-4-7-10-13-16-19-22-24-26-27-28-29-31-32-34-37-40-43-46-49-55(58)61-52-53(51-60-54(57)48-45-42-39-36-21-18-15-12-9-6-3)62-56(59)50-47-44-41-38-35-33-30-25-23-20-17-14-11-8-5-2/h17,20,25,30,35,38,53H,4-16,18-19,21-24,26-29,31-34,36-37,39-52H2,1-3H3/b20-17-,30-25-,38-35-/t53-/m1/s1. The number of allylic oxidation sites excluding steroid dienone is 6. The van der Waals surface area contributed by atoms with Crippen LogP contribution >= 0.6 is 0 Å². The molecule has 6 heteroatoms. The first-order chi connectivity index (χ1) is 30.5. The highest BCUT2D eigenvalue weighted by Gasteiger charge is 2.19. The molecule has 62 heavy (non-hydrogen) atoms. The molecule has 0 rings (SSSR count). The Hall–Kier alpha value is -2.37. The second-order valence-corrected chi connectivity index (χ2v) is 18.2. The molecular weight excluding hydrogens is 769 g/mol. The van der Waals surface area contributed by atoms with Crippen molar-refractivity contribution in [2.45, 2.75) is 290 Å². The Balaban J connectivity index is 4.32. The molecule has 0 N–H and O–H groups in total. The smallest absolute Gasteiger partial charge is 0.306 e. The highest BCUT2D eigenvalue weighted by molar-refractivity contribution is 5.71. The van der Waals surface area contributed by atoms with Crippen molar-refractivity contribution in [3.63, 3.8) is 0 Å². The van der Waals surface area contributed by atoms with E-state index in [1.54, 1.807) is 0 Å². The number of unbranched alkanes of at least 4 members (excludes halogenated alkanes) is 32. The van der Waals surface area contributed by atoms with Crippen molar-refractivity contribution in [1.29, 1.82) is 0 Å². The van der Waals surface area contributed by atoms with Gasteiger partial charge in [-0.2, -0.15) is 0 Å². The fourth-order valence-corrected chi connectivity index (χ4v) is 7.80. The summed E-state index contributed by atoms with van der Waals surface area (Å²) in [7, 11) is 0. The number of rotatable bonds is 49.